The average Bonchev–Trinajstić information content (AvgIpc) is 3.53. The van der Waals surface area contributed by atoms with E-state index in [-0.39, 0.29) is 5.03 Å². The van der Waals surface area contributed by atoms with Crippen LogP contribution in [0.25, 0.3) is 16.6 Å². The summed E-state index contributed by atoms with van der Waals surface area (Å²) >= 11 is 1.20. The molecule has 1 aliphatic carbocycles. The summed E-state index contributed by atoms with van der Waals surface area (Å²) in [6.45, 7) is 5.40. The number of halogens is 1. The molecule has 40 heavy (non-hydrogen) atoms. The molecule has 0 aromatic carbocycles. The van der Waals surface area contributed by atoms with Crippen LogP contribution in [0.4, 0.5) is 4.39 Å². The van der Waals surface area contributed by atoms with Gasteiger partial charge in [0.25, 0.3) is 0 Å². The highest BCUT2D eigenvalue weighted by atomic mass is 32.2. The van der Waals surface area contributed by atoms with Gasteiger partial charge in [-0.1, -0.05) is 11.8 Å². The molecule has 0 bridgehead atoms. The van der Waals surface area contributed by atoms with Gasteiger partial charge in [-0.2, -0.15) is 15.5 Å². The van der Waals surface area contributed by atoms with Crippen molar-refractivity contribution in [2.45, 2.75) is 74.0 Å². The number of hydrogen-bond acceptors (Lipinski definition) is 8. The van der Waals surface area contributed by atoms with Crippen LogP contribution in [-0.4, -0.2) is 61.2 Å². The van der Waals surface area contributed by atoms with Gasteiger partial charge in [0.1, 0.15) is 17.4 Å². The summed E-state index contributed by atoms with van der Waals surface area (Å²) in [6.07, 6.45) is 12.2. The Morgan fingerprint density at radius 2 is 1.93 bits per heavy atom. The first kappa shape index (κ1) is 29.4. The lowest BCUT2D eigenvalue weighted by molar-refractivity contribution is -0.111. The van der Waals surface area contributed by atoms with Gasteiger partial charge in [-0.3, -0.25) is 4.68 Å². The Morgan fingerprint density at radius 3 is 2.52 bits per heavy atom. The van der Waals surface area contributed by atoms with E-state index in [0.29, 0.717) is 29.4 Å². The SMILES string of the molecule is CC(C)(N)C=O.Cc1c(-c2cc(Sc3ncccc3F)c3c(C#N)cnn3c2)cnn1C1CCC(N(C)C)CC1. The second-order valence-corrected chi connectivity index (χ2v) is 11.9. The van der Waals surface area contributed by atoms with Crippen molar-refractivity contribution in [3.8, 4) is 17.2 Å². The Balaban J connectivity index is 0.000000557. The summed E-state index contributed by atoms with van der Waals surface area (Å²) in [5.74, 6) is -0.397. The van der Waals surface area contributed by atoms with E-state index in [4.69, 9.17) is 10.8 Å². The molecular formula is C29H35FN8OS. The zero-order chi connectivity index (χ0) is 29.0. The van der Waals surface area contributed by atoms with Crippen LogP contribution < -0.4 is 5.73 Å². The van der Waals surface area contributed by atoms with Gasteiger partial charge in [-0.05, 0) is 78.7 Å². The van der Waals surface area contributed by atoms with E-state index in [0.717, 1.165) is 34.6 Å². The molecule has 4 aromatic heterocycles. The predicted octanol–water partition coefficient (Wildman–Crippen LogP) is 5.03. The maximum Gasteiger partial charge on any atom is 0.155 e. The molecule has 0 atom stereocenters. The Kier molecular flexibility index (Phi) is 9.03. The van der Waals surface area contributed by atoms with Crippen LogP contribution in [-0.2, 0) is 4.79 Å². The smallest absolute Gasteiger partial charge is 0.155 e. The Morgan fingerprint density at radius 1 is 1.23 bits per heavy atom. The van der Waals surface area contributed by atoms with Gasteiger partial charge in [-0.15, -0.1) is 0 Å². The Labute approximate surface area is 238 Å². The number of fused-ring (bicyclic) bond motifs is 1. The third-order valence-electron chi connectivity index (χ3n) is 7.03. The molecule has 11 heteroatoms. The first-order chi connectivity index (χ1) is 19.0. The van der Waals surface area contributed by atoms with Crippen LogP contribution in [0.3, 0.4) is 0 Å². The van der Waals surface area contributed by atoms with Gasteiger partial charge in [0.15, 0.2) is 5.82 Å². The lowest BCUT2D eigenvalue weighted by Crippen LogP contribution is -2.33. The van der Waals surface area contributed by atoms with Gasteiger partial charge in [0.05, 0.1) is 35.1 Å². The molecule has 0 spiro atoms. The number of nitrogens with zero attached hydrogens (tertiary/aromatic N) is 7. The molecule has 0 radical (unpaired) electrons. The van der Waals surface area contributed by atoms with Crippen molar-refractivity contribution in [1.82, 2.24) is 29.3 Å². The molecule has 1 saturated carbocycles. The first-order valence-electron chi connectivity index (χ1n) is 13.2. The van der Waals surface area contributed by atoms with Crippen molar-refractivity contribution in [3.63, 3.8) is 0 Å². The monoisotopic (exact) mass is 562 g/mol. The van der Waals surface area contributed by atoms with E-state index in [1.807, 2.05) is 18.5 Å². The minimum absolute atomic E-state index is 0.261. The fourth-order valence-corrected chi connectivity index (χ4v) is 5.81. The van der Waals surface area contributed by atoms with Crippen molar-refractivity contribution in [1.29, 1.82) is 5.26 Å². The lowest BCUT2D eigenvalue weighted by atomic mass is 9.90. The van der Waals surface area contributed by atoms with Crippen LogP contribution in [0.15, 0.2) is 52.9 Å². The van der Waals surface area contributed by atoms with Crippen molar-refractivity contribution >= 4 is 23.6 Å². The predicted molar refractivity (Wildman–Crippen MR) is 153 cm³/mol. The summed E-state index contributed by atoms with van der Waals surface area (Å²) in [7, 11) is 4.30. The highest BCUT2D eigenvalue weighted by molar-refractivity contribution is 7.99. The van der Waals surface area contributed by atoms with Gasteiger partial charge in [0.2, 0.25) is 0 Å². The molecular weight excluding hydrogens is 527 g/mol. The normalized spacial score (nSPS) is 17.4. The van der Waals surface area contributed by atoms with Gasteiger partial charge in [0, 0.05) is 40.2 Å². The van der Waals surface area contributed by atoms with E-state index >= 15 is 0 Å². The maximum atomic E-state index is 14.4. The third kappa shape index (κ3) is 6.58. The molecule has 0 saturated heterocycles. The Bertz CT molecular complexity index is 1520. The van der Waals surface area contributed by atoms with Gasteiger partial charge >= 0.3 is 0 Å². The number of hydrogen-bond donors (Lipinski definition) is 1. The van der Waals surface area contributed by atoms with Crippen LogP contribution in [0.1, 0.15) is 56.8 Å². The first-order valence-corrected chi connectivity index (χ1v) is 14.0. The molecule has 2 N–H and O–H groups in total. The fraction of sp³-hybridized carbons (Fsp3) is 0.414. The third-order valence-corrected chi connectivity index (χ3v) is 8.06. The molecule has 0 amide bonds. The average molecular weight is 563 g/mol. The summed E-state index contributed by atoms with van der Waals surface area (Å²) < 4.78 is 18.2. The van der Waals surface area contributed by atoms with Crippen LogP contribution in [0.5, 0.6) is 0 Å². The topological polar surface area (TPSA) is 118 Å². The molecule has 0 aliphatic heterocycles. The minimum Gasteiger partial charge on any atom is -0.320 e. The van der Waals surface area contributed by atoms with E-state index in [9.17, 15) is 14.4 Å². The van der Waals surface area contributed by atoms with Crippen molar-refractivity contribution in [3.05, 3.63) is 60.1 Å². The number of nitrogens with two attached hydrogens (primary N) is 1. The largest absolute Gasteiger partial charge is 0.320 e. The highest BCUT2D eigenvalue weighted by Crippen LogP contribution is 2.38. The number of nitriles is 1. The molecule has 4 aromatic rings. The number of pyridine rings is 2. The number of rotatable bonds is 6. The van der Waals surface area contributed by atoms with Gasteiger partial charge < -0.3 is 15.4 Å². The molecule has 4 heterocycles. The number of carbonyl (C=O) groups is 1. The summed E-state index contributed by atoms with van der Waals surface area (Å²) in [5.41, 5.74) is 8.64. The quantitative estimate of drug-likeness (QED) is 0.325. The fourth-order valence-electron chi connectivity index (χ4n) is 4.84. The number of aldehydes is 1. The Hall–Kier alpha value is -3.59. The minimum atomic E-state index is -0.639. The molecule has 5 rings (SSSR count). The molecule has 1 aliphatic rings. The standard InChI is InChI=1S/C25H26FN7S.C4H9NO/c1-16-21(14-30-33(16)20-8-6-19(7-9-20)31(2)3)17-11-23(34-25-22(26)5-4-10-28-25)24-18(12-27)13-29-32(24)15-17;1-4(2,5)3-6/h4-5,10-11,13-15,19-20H,6-9H2,1-3H3;3H,5H2,1-2H3. The molecule has 9 nitrogen and oxygen atoms in total. The van der Waals surface area contributed by atoms with Crippen molar-refractivity contribution < 1.29 is 9.18 Å². The summed E-state index contributed by atoms with van der Waals surface area (Å²) in [6, 6.07) is 8.14. The highest BCUT2D eigenvalue weighted by Gasteiger charge is 2.26. The van der Waals surface area contributed by atoms with Crippen LogP contribution >= 0.6 is 11.8 Å². The molecule has 0 unspecified atom stereocenters. The zero-order valence-corrected chi connectivity index (χ0v) is 24.3. The summed E-state index contributed by atoms with van der Waals surface area (Å²) in [5, 5.41) is 19.0. The number of carbonyl (C=O) groups excluding carboxylic acids is 1. The number of aromatic nitrogens is 5. The molecule has 1 fully saturated rings. The van der Waals surface area contributed by atoms with E-state index in [2.05, 4.69) is 46.8 Å². The van der Waals surface area contributed by atoms with Crippen molar-refractivity contribution in [2.24, 2.45) is 5.73 Å². The molecule has 210 valence electrons. The second-order valence-electron chi connectivity index (χ2n) is 10.9. The van der Waals surface area contributed by atoms with Crippen molar-refractivity contribution in [2.75, 3.05) is 14.1 Å². The van der Waals surface area contributed by atoms with Gasteiger partial charge in [-0.25, -0.2) is 13.9 Å². The maximum absolute atomic E-state index is 14.4. The summed E-state index contributed by atoms with van der Waals surface area (Å²) in [4.78, 5) is 16.9. The van der Waals surface area contributed by atoms with Crippen LogP contribution in [0, 0.1) is 24.1 Å². The van der Waals surface area contributed by atoms with E-state index in [1.165, 1.54) is 36.9 Å². The van der Waals surface area contributed by atoms with E-state index < -0.39 is 11.4 Å². The van der Waals surface area contributed by atoms with E-state index in [1.54, 1.807) is 30.6 Å². The lowest BCUT2D eigenvalue weighted by Gasteiger charge is -2.33. The van der Waals surface area contributed by atoms with Crippen LogP contribution in [0.2, 0.25) is 0 Å². The second kappa shape index (κ2) is 12.3. The zero-order valence-electron chi connectivity index (χ0n) is 23.5.